The molecule has 0 unspecified atom stereocenters. The normalized spacial score (nSPS) is 19.0. The lowest BCUT2D eigenvalue weighted by molar-refractivity contribution is 0.0979. The number of hydrogen-bond donors (Lipinski definition) is 1. The van der Waals surface area contributed by atoms with E-state index in [1.807, 2.05) is 19.9 Å². The topological polar surface area (TPSA) is 87.7 Å². The second-order valence-electron chi connectivity index (χ2n) is 5.87. The minimum absolute atomic E-state index is 0.0279. The van der Waals surface area contributed by atoms with Gasteiger partial charge in [-0.05, 0) is 13.8 Å². The molecule has 0 aromatic carbocycles. The first-order chi connectivity index (χ1) is 11.0. The molecule has 3 rings (SSSR count). The average Bonchev–Trinajstić information content (AvgIpc) is 2.92. The summed E-state index contributed by atoms with van der Waals surface area (Å²) in [6.45, 7) is 5.86. The van der Waals surface area contributed by atoms with Crippen molar-refractivity contribution < 1.29 is 14.3 Å². The molecule has 3 heterocycles. The number of carbonyl (C=O) groups excluding carboxylic acids is 2. The Morgan fingerprint density at radius 2 is 2.00 bits per heavy atom. The van der Waals surface area contributed by atoms with Crippen LogP contribution in [0.15, 0.2) is 6.07 Å². The van der Waals surface area contributed by atoms with Gasteiger partial charge in [0.25, 0.3) is 0 Å². The third-order valence-corrected chi connectivity index (χ3v) is 4.03. The summed E-state index contributed by atoms with van der Waals surface area (Å²) in [6, 6.07) is 1.30. The van der Waals surface area contributed by atoms with E-state index >= 15 is 0 Å². The number of imide groups is 1. The summed E-state index contributed by atoms with van der Waals surface area (Å²) in [5.41, 5.74) is 0.875. The Balaban J connectivity index is 1.54. The summed E-state index contributed by atoms with van der Waals surface area (Å²) < 4.78 is 5.91. The molecule has 0 saturated carbocycles. The number of piperidine rings is 1. The fourth-order valence-corrected chi connectivity index (χ4v) is 2.90. The highest BCUT2D eigenvalue weighted by Gasteiger charge is 2.32. The van der Waals surface area contributed by atoms with Gasteiger partial charge >= 0.3 is 12.1 Å². The number of likely N-dealkylation sites (tertiary alicyclic amines) is 1. The summed E-state index contributed by atoms with van der Waals surface area (Å²) in [5.74, 6) is 1.27. The number of urea groups is 2. The number of ether oxygens (including phenoxy) is 1. The van der Waals surface area contributed by atoms with Crippen LogP contribution in [-0.2, 0) is 0 Å². The number of aromatic nitrogens is 2. The monoisotopic (exact) mass is 319 g/mol. The van der Waals surface area contributed by atoms with Crippen LogP contribution in [-0.4, -0.2) is 64.1 Å². The van der Waals surface area contributed by atoms with Crippen molar-refractivity contribution in [2.75, 3.05) is 26.2 Å². The van der Waals surface area contributed by atoms with Gasteiger partial charge in [-0.25, -0.2) is 19.5 Å². The van der Waals surface area contributed by atoms with Crippen LogP contribution in [0, 0.1) is 13.8 Å². The molecule has 124 valence electrons. The molecule has 4 amide bonds. The molecule has 8 nitrogen and oxygen atoms in total. The molecule has 0 spiro atoms. The number of hydrogen-bond acceptors (Lipinski definition) is 5. The molecular formula is C15H21N5O3. The Hall–Kier alpha value is -2.38. The maximum atomic E-state index is 12.3. The first kappa shape index (κ1) is 15.5. The third kappa shape index (κ3) is 3.52. The number of aryl methyl sites for hydroxylation is 2. The second kappa shape index (κ2) is 6.39. The van der Waals surface area contributed by atoms with E-state index in [-0.39, 0.29) is 18.2 Å². The summed E-state index contributed by atoms with van der Waals surface area (Å²) in [4.78, 5) is 35.3. The lowest BCUT2D eigenvalue weighted by Crippen LogP contribution is -2.49. The quantitative estimate of drug-likeness (QED) is 0.881. The first-order valence-corrected chi connectivity index (χ1v) is 7.86. The number of nitrogens with zero attached hydrogens (tertiary/aromatic N) is 4. The van der Waals surface area contributed by atoms with Crippen LogP contribution in [0.25, 0.3) is 0 Å². The number of rotatable bonds is 2. The zero-order chi connectivity index (χ0) is 16.4. The fraction of sp³-hybridized carbons (Fsp3) is 0.600. The standard InChI is InChI=1S/C15H21N5O3/c1-10-9-13(18-11(2)17-10)23-12-3-6-19(7-4-12)15(22)20-8-5-16-14(20)21/h9,12H,3-8H2,1-2H3,(H,16,21). The van der Waals surface area contributed by atoms with Gasteiger partial charge in [0.05, 0.1) is 0 Å². The molecule has 1 aromatic rings. The molecule has 2 aliphatic rings. The van der Waals surface area contributed by atoms with E-state index < -0.39 is 0 Å². The van der Waals surface area contributed by atoms with Crippen LogP contribution in [0.3, 0.4) is 0 Å². The number of nitrogens with one attached hydrogen (secondary N) is 1. The van der Waals surface area contributed by atoms with Crippen LogP contribution in [0.4, 0.5) is 9.59 Å². The van der Waals surface area contributed by atoms with Crippen molar-refractivity contribution in [3.8, 4) is 5.88 Å². The number of amides is 4. The van der Waals surface area contributed by atoms with Crippen molar-refractivity contribution in [2.45, 2.75) is 32.8 Å². The van der Waals surface area contributed by atoms with E-state index in [9.17, 15) is 9.59 Å². The van der Waals surface area contributed by atoms with E-state index in [4.69, 9.17) is 4.74 Å². The van der Waals surface area contributed by atoms with Gasteiger partial charge in [-0.1, -0.05) is 0 Å². The molecule has 1 aromatic heterocycles. The van der Waals surface area contributed by atoms with Crippen LogP contribution in [0.5, 0.6) is 5.88 Å². The molecule has 8 heteroatoms. The van der Waals surface area contributed by atoms with Crippen LogP contribution >= 0.6 is 0 Å². The Morgan fingerprint density at radius 1 is 1.26 bits per heavy atom. The largest absolute Gasteiger partial charge is 0.474 e. The molecule has 0 atom stereocenters. The zero-order valence-electron chi connectivity index (χ0n) is 13.4. The Bertz CT molecular complexity index is 593. The zero-order valence-corrected chi connectivity index (χ0v) is 13.4. The summed E-state index contributed by atoms with van der Waals surface area (Å²) >= 11 is 0. The van der Waals surface area contributed by atoms with Gasteiger partial charge in [0, 0.05) is 50.8 Å². The SMILES string of the molecule is Cc1cc(OC2CCN(C(=O)N3CCNC3=O)CC2)nc(C)n1. The minimum atomic E-state index is -0.305. The summed E-state index contributed by atoms with van der Waals surface area (Å²) in [6.07, 6.45) is 1.48. The van der Waals surface area contributed by atoms with Crippen LogP contribution < -0.4 is 10.1 Å². The predicted molar refractivity (Wildman–Crippen MR) is 82.2 cm³/mol. The molecule has 23 heavy (non-hydrogen) atoms. The molecular weight excluding hydrogens is 298 g/mol. The molecule has 2 aliphatic heterocycles. The van der Waals surface area contributed by atoms with Crippen molar-refractivity contribution >= 4 is 12.1 Å². The van der Waals surface area contributed by atoms with Crippen molar-refractivity contribution in [1.29, 1.82) is 0 Å². The second-order valence-corrected chi connectivity index (χ2v) is 5.87. The molecule has 0 radical (unpaired) electrons. The van der Waals surface area contributed by atoms with E-state index in [2.05, 4.69) is 15.3 Å². The van der Waals surface area contributed by atoms with Gasteiger partial charge < -0.3 is 15.0 Å². The van der Waals surface area contributed by atoms with Gasteiger partial charge in [-0.15, -0.1) is 0 Å². The fourth-order valence-electron chi connectivity index (χ4n) is 2.90. The van der Waals surface area contributed by atoms with Crippen LogP contribution in [0.2, 0.25) is 0 Å². The minimum Gasteiger partial charge on any atom is -0.474 e. The van der Waals surface area contributed by atoms with E-state index in [1.165, 1.54) is 4.90 Å². The van der Waals surface area contributed by atoms with Crippen LogP contribution in [0.1, 0.15) is 24.4 Å². The van der Waals surface area contributed by atoms with Gasteiger partial charge in [0.15, 0.2) is 0 Å². The lowest BCUT2D eigenvalue weighted by atomic mass is 10.1. The van der Waals surface area contributed by atoms with Crippen molar-refractivity contribution in [3.63, 3.8) is 0 Å². The van der Waals surface area contributed by atoms with Gasteiger partial charge in [0.1, 0.15) is 11.9 Å². The summed E-state index contributed by atoms with van der Waals surface area (Å²) in [5, 5.41) is 2.64. The summed E-state index contributed by atoms with van der Waals surface area (Å²) in [7, 11) is 0. The lowest BCUT2D eigenvalue weighted by Gasteiger charge is -2.33. The Kier molecular flexibility index (Phi) is 4.31. The maximum Gasteiger partial charge on any atom is 0.328 e. The van der Waals surface area contributed by atoms with Crippen molar-refractivity contribution in [3.05, 3.63) is 17.6 Å². The van der Waals surface area contributed by atoms with Gasteiger partial charge in [0.2, 0.25) is 5.88 Å². The highest BCUT2D eigenvalue weighted by molar-refractivity contribution is 5.94. The average molecular weight is 319 g/mol. The maximum absolute atomic E-state index is 12.3. The molecule has 1 N–H and O–H groups in total. The molecule has 2 saturated heterocycles. The van der Waals surface area contributed by atoms with Gasteiger partial charge in [-0.3, -0.25) is 0 Å². The van der Waals surface area contributed by atoms with Gasteiger partial charge in [-0.2, -0.15) is 4.98 Å². The highest BCUT2D eigenvalue weighted by atomic mass is 16.5. The Morgan fingerprint density at radius 3 is 2.61 bits per heavy atom. The van der Waals surface area contributed by atoms with E-state index in [0.717, 1.165) is 18.5 Å². The molecule has 0 bridgehead atoms. The number of carbonyl (C=O) groups is 2. The highest BCUT2D eigenvalue weighted by Crippen LogP contribution is 2.19. The van der Waals surface area contributed by atoms with Crippen molar-refractivity contribution in [1.82, 2.24) is 25.1 Å². The molecule has 0 aliphatic carbocycles. The van der Waals surface area contributed by atoms with Crippen molar-refractivity contribution in [2.24, 2.45) is 0 Å². The smallest absolute Gasteiger partial charge is 0.328 e. The third-order valence-electron chi connectivity index (χ3n) is 4.03. The predicted octanol–water partition coefficient (Wildman–Crippen LogP) is 1.08. The van der Waals surface area contributed by atoms with E-state index in [0.29, 0.717) is 37.9 Å². The van der Waals surface area contributed by atoms with E-state index in [1.54, 1.807) is 4.90 Å². The Labute approximate surface area is 134 Å². The first-order valence-electron chi connectivity index (χ1n) is 7.86. The molecule has 2 fully saturated rings.